The third-order valence-electron chi connectivity index (χ3n) is 3.11. The first kappa shape index (κ1) is 12.2. The van der Waals surface area contributed by atoms with Crippen molar-refractivity contribution in [1.29, 1.82) is 0 Å². The summed E-state index contributed by atoms with van der Waals surface area (Å²) in [5.74, 6) is 0. The molecule has 0 unspecified atom stereocenters. The van der Waals surface area contributed by atoms with Crippen LogP contribution in [0.2, 0.25) is 0 Å². The van der Waals surface area contributed by atoms with Crippen molar-refractivity contribution >= 4 is 27.2 Å². The van der Waals surface area contributed by atoms with Crippen LogP contribution in [0.4, 0.5) is 5.69 Å². The molecular weight excluding hydrogens is 252 g/mol. The van der Waals surface area contributed by atoms with E-state index in [1.54, 1.807) is 11.3 Å². The Hall–Kier alpha value is -1.87. The molecule has 3 rings (SSSR count). The van der Waals surface area contributed by atoms with Crippen LogP contribution in [0.1, 0.15) is 10.6 Å². The van der Waals surface area contributed by atoms with E-state index in [1.165, 1.54) is 21.0 Å². The highest BCUT2D eigenvalue weighted by molar-refractivity contribution is 7.18. The number of hydrogen-bond acceptors (Lipinski definition) is 3. The SMILES string of the molecule is Cc1cccc2sc(CCNc3ccccc3)nc12. The van der Waals surface area contributed by atoms with E-state index in [0.717, 1.165) is 18.5 Å². The fourth-order valence-corrected chi connectivity index (χ4v) is 3.15. The molecule has 0 aliphatic rings. The second-order valence-electron chi connectivity index (χ2n) is 4.57. The van der Waals surface area contributed by atoms with Crippen LogP contribution in [0.15, 0.2) is 48.5 Å². The Labute approximate surface area is 117 Å². The normalized spacial score (nSPS) is 10.8. The third-order valence-corrected chi connectivity index (χ3v) is 4.19. The van der Waals surface area contributed by atoms with Crippen molar-refractivity contribution in [1.82, 2.24) is 4.98 Å². The zero-order chi connectivity index (χ0) is 13.1. The minimum atomic E-state index is 0.920. The van der Waals surface area contributed by atoms with Gasteiger partial charge in [0.05, 0.1) is 15.2 Å². The number of thiazole rings is 1. The first-order chi connectivity index (χ1) is 9.33. The molecule has 0 fully saturated rings. The smallest absolute Gasteiger partial charge is 0.0956 e. The maximum absolute atomic E-state index is 4.72. The summed E-state index contributed by atoms with van der Waals surface area (Å²) in [6, 6.07) is 16.7. The van der Waals surface area contributed by atoms with Gasteiger partial charge < -0.3 is 5.32 Å². The number of hydrogen-bond donors (Lipinski definition) is 1. The minimum absolute atomic E-state index is 0.920. The maximum atomic E-state index is 4.72. The van der Waals surface area contributed by atoms with Gasteiger partial charge in [0.2, 0.25) is 0 Å². The lowest BCUT2D eigenvalue weighted by Gasteiger charge is -2.03. The van der Waals surface area contributed by atoms with Crippen molar-refractivity contribution in [2.75, 3.05) is 11.9 Å². The quantitative estimate of drug-likeness (QED) is 0.764. The van der Waals surface area contributed by atoms with Gasteiger partial charge in [-0.25, -0.2) is 4.98 Å². The van der Waals surface area contributed by atoms with Gasteiger partial charge in [0, 0.05) is 18.7 Å². The molecule has 0 aliphatic carbocycles. The first-order valence-corrected chi connectivity index (χ1v) is 7.28. The van der Waals surface area contributed by atoms with E-state index in [2.05, 4.69) is 42.6 Å². The van der Waals surface area contributed by atoms with Gasteiger partial charge in [0.25, 0.3) is 0 Å². The predicted octanol–water partition coefficient (Wildman–Crippen LogP) is 4.26. The van der Waals surface area contributed by atoms with Crippen LogP contribution in [-0.4, -0.2) is 11.5 Å². The summed E-state index contributed by atoms with van der Waals surface area (Å²) in [4.78, 5) is 4.72. The van der Waals surface area contributed by atoms with Crippen molar-refractivity contribution in [3.05, 3.63) is 59.1 Å². The summed E-state index contributed by atoms with van der Waals surface area (Å²) in [6.45, 7) is 3.04. The Morgan fingerprint density at radius 3 is 2.68 bits per heavy atom. The number of aryl methyl sites for hydroxylation is 1. The second-order valence-corrected chi connectivity index (χ2v) is 5.69. The summed E-state index contributed by atoms with van der Waals surface area (Å²) in [5, 5.41) is 4.62. The highest BCUT2D eigenvalue weighted by Gasteiger charge is 2.05. The summed E-state index contributed by atoms with van der Waals surface area (Å²) < 4.78 is 1.29. The Morgan fingerprint density at radius 2 is 1.89 bits per heavy atom. The summed E-state index contributed by atoms with van der Waals surface area (Å²) in [5.41, 5.74) is 3.58. The third kappa shape index (κ3) is 2.76. The van der Waals surface area contributed by atoms with Crippen LogP contribution in [-0.2, 0) is 6.42 Å². The standard InChI is InChI=1S/C16H16N2S/c1-12-6-5-9-14-16(12)18-15(19-14)10-11-17-13-7-3-2-4-8-13/h2-9,17H,10-11H2,1H3. The highest BCUT2D eigenvalue weighted by atomic mass is 32.1. The van der Waals surface area contributed by atoms with Crippen molar-refractivity contribution in [2.45, 2.75) is 13.3 Å². The largest absolute Gasteiger partial charge is 0.385 e. The van der Waals surface area contributed by atoms with E-state index >= 15 is 0 Å². The molecule has 0 saturated heterocycles. The fraction of sp³-hybridized carbons (Fsp3) is 0.188. The monoisotopic (exact) mass is 268 g/mol. The molecular formula is C16H16N2S. The lowest BCUT2D eigenvalue weighted by molar-refractivity contribution is 1.00. The molecule has 0 bridgehead atoms. The molecule has 2 aromatic carbocycles. The molecule has 2 nitrogen and oxygen atoms in total. The number of benzene rings is 2. The van der Waals surface area contributed by atoms with Gasteiger partial charge >= 0.3 is 0 Å². The van der Waals surface area contributed by atoms with Crippen molar-refractivity contribution < 1.29 is 0 Å². The number of rotatable bonds is 4. The van der Waals surface area contributed by atoms with E-state index in [-0.39, 0.29) is 0 Å². The van der Waals surface area contributed by atoms with Gasteiger partial charge in [-0.15, -0.1) is 11.3 Å². The molecule has 0 aliphatic heterocycles. The van der Waals surface area contributed by atoms with Gasteiger partial charge in [-0.2, -0.15) is 0 Å². The first-order valence-electron chi connectivity index (χ1n) is 6.47. The van der Waals surface area contributed by atoms with Crippen molar-refractivity contribution in [2.24, 2.45) is 0 Å². The fourth-order valence-electron chi connectivity index (χ4n) is 2.11. The molecule has 1 N–H and O–H groups in total. The summed E-state index contributed by atoms with van der Waals surface area (Å²) in [7, 11) is 0. The average Bonchev–Trinajstić information content (AvgIpc) is 2.84. The Balaban J connectivity index is 1.67. The lowest BCUT2D eigenvalue weighted by Crippen LogP contribution is -2.04. The molecule has 0 radical (unpaired) electrons. The highest BCUT2D eigenvalue weighted by Crippen LogP contribution is 2.24. The maximum Gasteiger partial charge on any atom is 0.0956 e. The van der Waals surface area contributed by atoms with Gasteiger partial charge in [-0.05, 0) is 30.7 Å². The van der Waals surface area contributed by atoms with Crippen LogP contribution in [0.25, 0.3) is 10.2 Å². The summed E-state index contributed by atoms with van der Waals surface area (Å²) >= 11 is 1.80. The molecule has 0 atom stereocenters. The molecule has 0 amide bonds. The number of fused-ring (bicyclic) bond motifs is 1. The van der Waals surface area contributed by atoms with E-state index < -0.39 is 0 Å². The van der Waals surface area contributed by atoms with Gasteiger partial charge in [-0.1, -0.05) is 30.3 Å². The number of aromatic nitrogens is 1. The lowest BCUT2D eigenvalue weighted by atomic mass is 10.2. The molecule has 1 heterocycles. The van der Waals surface area contributed by atoms with Crippen molar-refractivity contribution in [3.63, 3.8) is 0 Å². The van der Waals surface area contributed by atoms with Gasteiger partial charge in [0.1, 0.15) is 0 Å². The van der Waals surface area contributed by atoms with Gasteiger partial charge in [0.15, 0.2) is 0 Å². The number of nitrogens with zero attached hydrogens (tertiary/aromatic N) is 1. The second kappa shape index (κ2) is 5.41. The van der Waals surface area contributed by atoms with Crippen LogP contribution >= 0.6 is 11.3 Å². The van der Waals surface area contributed by atoms with Crippen LogP contribution < -0.4 is 5.32 Å². The van der Waals surface area contributed by atoms with E-state index in [9.17, 15) is 0 Å². The topological polar surface area (TPSA) is 24.9 Å². The zero-order valence-electron chi connectivity index (χ0n) is 10.9. The van der Waals surface area contributed by atoms with Crippen LogP contribution in [0.3, 0.4) is 0 Å². The van der Waals surface area contributed by atoms with Crippen LogP contribution in [0, 0.1) is 6.92 Å². The van der Waals surface area contributed by atoms with E-state index in [1.807, 2.05) is 18.2 Å². The average molecular weight is 268 g/mol. The van der Waals surface area contributed by atoms with E-state index in [4.69, 9.17) is 4.98 Å². The molecule has 3 aromatic rings. The summed E-state index contributed by atoms with van der Waals surface area (Å²) in [6.07, 6.45) is 0.966. The zero-order valence-corrected chi connectivity index (χ0v) is 11.7. The van der Waals surface area contributed by atoms with E-state index in [0.29, 0.717) is 0 Å². The van der Waals surface area contributed by atoms with Gasteiger partial charge in [-0.3, -0.25) is 0 Å². The Kier molecular flexibility index (Phi) is 3.47. The predicted molar refractivity (Wildman–Crippen MR) is 83.0 cm³/mol. The molecule has 0 saturated carbocycles. The van der Waals surface area contributed by atoms with Crippen molar-refractivity contribution in [3.8, 4) is 0 Å². The molecule has 19 heavy (non-hydrogen) atoms. The molecule has 0 spiro atoms. The number of nitrogens with one attached hydrogen (secondary N) is 1. The Morgan fingerprint density at radius 1 is 1.05 bits per heavy atom. The van der Waals surface area contributed by atoms with Crippen LogP contribution in [0.5, 0.6) is 0 Å². The number of anilines is 1. The number of para-hydroxylation sites is 2. The molecule has 96 valence electrons. The molecule has 3 heteroatoms. The minimum Gasteiger partial charge on any atom is -0.385 e. The Bertz CT molecular complexity index is 674. The molecule has 1 aromatic heterocycles.